The number of benzene rings is 1. The summed E-state index contributed by atoms with van der Waals surface area (Å²) in [4.78, 5) is 25.4. The highest BCUT2D eigenvalue weighted by Gasteiger charge is 2.62. The number of aryl methyl sites for hydroxylation is 1. The molecule has 186 valence electrons. The zero-order valence-corrected chi connectivity index (χ0v) is 21.8. The smallest absolute Gasteiger partial charge is 0.227 e. The number of hydrogen-bond donors (Lipinski definition) is 0. The third-order valence-corrected chi connectivity index (χ3v) is 8.76. The van der Waals surface area contributed by atoms with Crippen molar-refractivity contribution >= 4 is 39.1 Å². The summed E-state index contributed by atoms with van der Waals surface area (Å²) in [5.74, 6) is 2.00. The minimum Gasteiger partial charge on any atom is -0.494 e. The molecule has 2 saturated heterocycles. The van der Waals surface area contributed by atoms with E-state index in [4.69, 9.17) is 32.0 Å². The first-order chi connectivity index (χ1) is 17.3. The highest BCUT2D eigenvalue weighted by Crippen LogP contribution is 2.79. The summed E-state index contributed by atoms with van der Waals surface area (Å²) in [5, 5.41) is -0.205. The van der Waals surface area contributed by atoms with Crippen molar-refractivity contribution in [1.29, 1.82) is 0 Å². The van der Waals surface area contributed by atoms with Crippen LogP contribution in [0.15, 0.2) is 30.6 Å². The zero-order valence-electron chi connectivity index (χ0n) is 21.1. The van der Waals surface area contributed by atoms with Crippen LogP contribution in [0.3, 0.4) is 0 Å². The number of rotatable bonds is 9. The minimum atomic E-state index is -0.410. The quantitative estimate of drug-likeness (QED) is 0.481. The summed E-state index contributed by atoms with van der Waals surface area (Å²) in [6.45, 7) is 6.07. The van der Waals surface area contributed by atoms with Gasteiger partial charge in [0.2, 0.25) is 11.9 Å². The maximum atomic E-state index is 12.2. The molecule has 3 fully saturated rings. The van der Waals surface area contributed by atoms with E-state index in [1.165, 1.54) is 0 Å². The predicted octanol–water partition coefficient (Wildman–Crippen LogP) is 4.21. The average Bonchev–Trinajstić information content (AvgIpc) is 3.41. The summed E-state index contributed by atoms with van der Waals surface area (Å²) >= 11 is 6.43. The molecule has 4 radical (unpaired) electrons. The van der Waals surface area contributed by atoms with E-state index in [1.807, 2.05) is 29.4 Å². The molecule has 9 heteroatoms. The van der Waals surface area contributed by atoms with Gasteiger partial charge in [0.25, 0.3) is 0 Å². The summed E-state index contributed by atoms with van der Waals surface area (Å²) in [5.41, 5.74) is 1.98. The molecule has 1 saturated carbocycles. The fourth-order valence-corrected chi connectivity index (χ4v) is 5.83. The zero-order chi connectivity index (χ0) is 25.3. The first kappa shape index (κ1) is 25.4. The molecule has 2 atom stereocenters. The van der Waals surface area contributed by atoms with Crippen molar-refractivity contribution in [2.45, 2.75) is 62.5 Å². The molecule has 0 N–H and O–H groups in total. The minimum absolute atomic E-state index is 0.127. The van der Waals surface area contributed by atoms with Crippen molar-refractivity contribution in [3.8, 4) is 5.75 Å². The van der Waals surface area contributed by atoms with Gasteiger partial charge in [-0.1, -0.05) is 41.6 Å². The largest absolute Gasteiger partial charge is 0.494 e. The number of halogens is 1. The Bertz CT molecular complexity index is 1090. The molecule has 36 heavy (non-hydrogen) atoms. The lowest BCUT2D eigenvalue weighted by Gasteiger charge is -2.37. The topological polar surface area (TPSA) is 58.6 Å². The van der Waals surface area contributed by atoms with Gasteiger partial charge in [0, 0.05) is 43.6 Å². The molecular weight excluding hydrogens is 469 g/mol. The number of carbonyl (C=O) groups is 1. The number of nitrogens with zero attached hydrogens (tertiary/aromatic N) is 4. The van der Waals surface area contributed by atoms with E-state index in [0.717, 1.165) is 75.4 Å². The lowest BCUT2D eigenvalue weighted by atomic mass is 9.58. The number of piperidine rings is 1. The van der Waals surface area contributed by atoms with Crippen LogP contribution in [0.1, 0.15) is 50.2 Å². The third-order valence-electron chi connectivity index (χ3n) is 8.41. The van der Waals surface area contributed by atoms with Crippen molar-refractivity contribution in [1.82, 2.24) is 14.9 Å². The lowest BCUT2D eigenvalue weighted by Crippen LogP contribution is -2.42. The molecule has 5 rings (SSSR count). The SMILES string of the molecule is [B][C@@]1(CCOc2ccc(CC(=O)N3CCC3)c(Cl)c2)C[C@]1([B])C1CCN(c2ncc(CC)cn2)CC1. The van der Waals surface area contributed by atoms with E-state index in [1.54, 1.807) is 6.07 Å². The van der Waals surface area contributed by atoms with Crippen LogP contribution < -0.4 is 9.64 Å². The number of likely N-dealkylation sites (tertiary alicyclic amines) is 1. The molecule has 2 aliphatic heterocycles. The van der Waals surface area contributed by atoms with E-state index in [9.17, 15) is 4.79 Å². The van der Waals surface area contributed by atoms with Crippen LogP contribution >= 0.6 is 11.6 Å². The highest BCUT2D eigenvalue weighted by atomic mass is 35.5. The number of amides is 1. The lowest BCUT2D eigenvalue weighted by molar-refractivity contribution is -0.133. The van der Waals surface area contributed by atoms with E-state index in [2.05, 4.69) is 21.8 Å². The van der Waals surface area contributed by atoms with Crippen LogP contribution in [0, 0.1) is 5.92 Å². The predicted molar refractivity (Wildman–Crippen MR) is 144 cm³/mol. The van der Waals surface area contributed by atoms with Gasteiger partial charge in [-0.15, -0.1) is 0 Å². The maximum Gasteiger partial charge on any atom is 0.227 e. The summed E-state index contributed by atoms with van der Waals surface area (Å²) in [7, 11) is 13.6. The Morgan fingerprint density at radius 3 is 2.50 bits per heavy atom. The summed E-state index contributed by atoms with van der Waals surface area (Å²) in [6, 6.07) is 5.54. The van der Waals surface area contributed by atoms with Crippen LogP contribution in [0.5, 0.6) is 5.75 Å². The Kier molecular flexibility index (Phi) is 7.26. The van der Waals surface area contributed by atoms with Crippen LogP contribution in [-0.4, -0.2) is 69.3 Å². The highest BCUT2D eigenvalue weighted by molar-refractivity contribution is 6.32. The van der Waals surface area contributed by atoms with E-state index in [-0.39, 0.29) is 11.2 Å². The number of hydrogen-bond acceptors (Lipinski definition) is 5. The normalized spacial score (nSPS) is 25.9. The Morgan fingerprint density at radius 2 is 1.89 bits per heavy atom. The maximum absolute atomic E-state index is 12.2. The Hall–Kier alpha value is -2.21. The van der Waals surface area contributed by atoms with Crippen molar-refractivity contribution in [2.24, 2.45) is 5.92 Å². The number of aromatic nitrogens is 2. The van der Waals surface area contributed by atoms with Crippen molar-refractivity contribution < 1.29 is 9.53 Å². The molecular formula is C27H33B2ClN4O2. The second-order valence-corrected chi connectivity index (χ2v) is 11.0. The van der Waals surface area contributed by atoms with Gasteiger partial charge in [-0.3, -0.25) is 4.79 Å². The van der Waals surface area contributed by atoms with Gasteiger partial charge in [-0.25, -0.2) is 9.97 Å². The van der Waals surface area contributed by atoms with Gasteiger partial charge in [-0.2, -0.15) is 0 Å². The van der Waals surface area contributed by atoms with Crippen molar-refractivity contribution in [2.75, 3.05) is 37.7 Å². The van der Waals surface area contributed by atoms with Crippen molar-refractivity contribution in [3.63, 3.8) is 0 Å². The van der Waals surface area contributed by atoms with Crippen LogP contribution in [0.2, 0.25) is 15.7 Å². The Labute approximate surface area is 222 Å². The Balaban J connectivity index is 1.09. The fraction of sp³-hybridized carbons (Fsp3) is 0.593. The molecule has 0 spiro atoms. The molecule has 1 amide bonds. The van der Waals surface area contributed by atoms with Gasteiger partial charge >= 0.3 is 0 Å². The first-order valence-electron chi connectivity index (χ1n) is 13.1. The molecule has 0 unspecified atom stereocenters. The average molecular weight is 503 g/mol. The standard InChI is InChI=1S/C27H33B2ClN4O2/c1-2-19-16-31-25(32-17-19)34-11-6-21(7-12-34)27(29)18-26(27,28)8-13-36-22-5-4-20(23(30)15-22)14-24(35)33-9-3-10-33/h4-5,15-17,21H,2-3,6-14,18H2,1H3/t26-,27-/m0/s1. The van der Waals surface area contributed by atoms with E-state index in [0.29, 0.717) is 36.1 Å². The molecule has 6 nitrogen and oxygen atoms in total. The molecule has 3 heterocycles. The second kappa shape index (κ2) is 10.3. The number of ether oxygens (including phenoxy) is 1. The van der Waals surface area contributed by atoms with Gasteiger partial charge < -0.3 is 14.5 Å². The monoisotopic (exact) mass is 502 g/mol. The summed E-state index contributed by atoms with van der Waals surface area (Å²) < 4.78 is 5.98. The van der Waals surface area contributed by atoms with Crippen LogP contribution in [0.4, 0.5) is 5.95 Å². The Morgan fingerprint density at radius 1 is 1.17 bits per heavy atom. The third kappa shape index (κ3) is 5.11. The fourth-order valence-electron chi connectivity index (χ4n) is 5.59. The molecule has 2 aromatic rings. The summed E-state index contributed by atoms with van der Waals surface area (Å²) in [6.07, 6.45) is 9.67. The molecule has 0 bridgehead atoms. The second-order valence-electron chi connectivity index (χ2n) is 10.6. The van der Waals surface area contributed by atoms with E-state index >= 15 is 0 Å². The van der Waals surface area contributed by atoms with Crippen molar-refractivity contribution in [3.05, 3.63) is 46.7 Å². The van der Waals surface area contributed by atoms with Crippen LogP contribution in [0.25, 0.3) is 0 Å². The molecule has 1 aliphatic carbocycles. The van der Waals surface area contributed by atoms with Gasteiger partial charge in [0.05, 0.1) is 28.7 Å². The van der Waals surface area contributed by atoms with E-state index < -0.39 is 5.31 Å². The van der Waals surface area contributed by atoms with Gasteiger partial charge in [0.1, 0.15) is 5.75 Å². The number of anilines is 1. The number of carbonyl (C=O) groups excluding carboxylic acids is 1. The van der Waals surface area contributed by atoms with Gasteiger partial charge in [0.15, 0.2) is 0 Å². The molecule has 1 aromatic heterocycles. The van der Waals surface area contributed by atoms with Gasteiger partial charge in [-0.05, 0) is 61.3 Å². The van der Waals surface area contributed by atoms with Crippen LogP contribution in [-0.2, 0) is 17.6 Å². The first-order valence-corrected chi connectivity index (χ1v) is 13.5. The molecule has 1 aromatic carbocycles. The molecule has 3 aliphatic rings.